The van der Waals surface area contributed by atoms with Crippen molar-refractivity contribution in [2.75, 3.05) is 6.61 Å². The smallest absolute Gasteiger partial charge is 0.173 e. The first kappa shape index (κ1) is 15.2. The molecule has 0 aromatic heterocycles. The van der Waals surface area contributed by atoms with Gasteiger partial charge in [-0.05, 0) is 22.5 Å². The van der Waals surface area contributed by atoms with Crippen LogP contribution < -0.4 is 0 Å². The Balaban J connectivity index is 2.76. The van der Waals surface area contributed by atoms with Crippen LogP contribution in [0.4, 0.5) is 0 Å². The zero-order chi connectivity index (χ0) is 15.5. The van der Waals surface area contributed by atoms with Gasteiger partial charge in [-0.25, -0.2) is 0 Å². The van der Waals surface area contributed by atoms with Gasteiger partial charge in [0, 0.05) is 0 Å². The van der Waals surface area contributed by atoms with Gasteiger partial charge in [0.05, 0.1) is 12.5 Å². The van der Waals surface area contributed by atoms with Crippen LogP contribution in [0.15, 0.2) is 23.3 Å². The van der Waals surface area contributed by atoms with Crippen LogP contribution in [0.2, 0.25) is 0 Å². The second-order valence-electron chi connectivity index (χ2n) is 7.95. The lowest BCUT2D eigenvalue weighted by atomic mass is 9.59. The molecule has 0 amide bonds. The summed E-state index contributed by atoms with van der Waals surface area (Å²) in [5, 5.41) is 9.52. The minimum Gasteiger partial charge on any atom is -0.392 e. The molecule has 0 aromatic carbocycles. The van der Waals surface area contributed by atoms with Crippen LogP contribution in [-0.2, 0) is 9.59 Å². The predicted molar refractivity (Wildman–Crippen MR) is 78.1 cm³/mol. The number of aliphatic hydroxyl groups excluding tert-OH is 1. The van der Waals surface area contributed by atoms with Gasteiger partial charge in [0.2, 0.25) is 0 Å². The van der Waals surface area contributed by atoms with Gasteiger partial charge in [-0.1, -0.05) is 53.2 Å². The molecule has 1 N–H and O–H groups in total. The highest BCUT2D eigenvalue weighted by atomic mass is 16.3. The highest BCUT2D eigenvalue weighted by Crippen LogP contribution is 2.57. The fraction of sp³-hybridized carbons (Fsp3) is 0.647. The molecule has 0 fully saturated rings. The number of ketones is 2. The zero-order valence-corrected chi connectivity index (χ0v) is 13.2. The first-order chi connectivity index (χ1) is 8.96. The fourth-order valence-electron chi connectivity index (χ4n) is 3.43. The maximum atomic E-state index is 13.0. The Bertz CT molecular complexity index is 538. The van der Waals surface area contributed by atoms with Gasteiger partial charge in [0.15, 0.2) is 11.6 Å². The summed E-state index contributed by atoms with van der Waals surface area (Å²) in [6.45, 7) is 11.7. The molecule has 0 aliphatic heterocycles. The van der Waals surface area contributed by atoms with Crippen molar-refractivity contribution < 1.29 is 14.7 Å². The molecule has 110 valence electrons. The number of allylic oxidation sites excluding steroid dienone is 3. The summed E-state index contributed by atoms with van der Waals surface area (Å²) in [6.07, 6.45) is 3.38. The van der Waals surface area contributed by atoms with Crippen molar-refractivity contribution >= 4 is 11.6 Å². The highest BCUT2D eigenvalue weighted by Gasteiger charge is 2.62. The number of hydrogen-bond acceptors (Lipinski definition) is 3. The van der Waals surface area contributed by atoms with Gasteiger partial charge < -0.3 is 5.11 Å². The molecular weight excluding hydrogens is 252 g/mol. The normalized spacial score (nSPS) is 30.4. The lowest BCUT2D eigenvalue weighted by molar-refractivity contribution is -0.142. The number of carbonyl (C=O) groups is 2. The van der Waals surface area contributed by atoms with E-state index in [9.17, 15) is 14.7 Å². The number of carbonyl (C=O) groups excluding carboxylic acids is 2. The molecule has 20 heavy (non-hydrogen) atoms. The second-order valence-corrected chi connectivity index (χ2v) is 7.95. The van der Waals surface area contributed by atoms with Crippen molar-refractivity contribution in [1.82, 2.24) is 0 Å². The standard InChI is InChI=1S/C17H24O3/c1-15(2,3)11-8-17(16(4,5)6)12(19)7-10(9-18)13(11)14(17)20/h7-8,13,18H,9H2,1-6H3. The predicted octanol–water partition coefficient (Wildman–Crippen LogP) is 2.69. The molecule has 0 saturated carbocycles. The number of hydrogen-bond donors (Lipinski definition) is 1. The van der Waals surface area contributed by atoms with E-state index in [1.165, 1.54) is 6.08 Å². The van der Waals surface area contributed by atoms with E-state index in [1.807, 2.05) is 47.6 Å². The van der Waals surface area contributed by atoms with Crippen molar-refractivity contribution in [2.45, 2.75) is 41.5 Å². The van der Waals surface area contributed by atoms with Crippen LogP contribution in [0.1, 0.15) is 41.5 Å². The maximum Gasteiger partial charge on any atom is 0.173 e. The molecular formula is C17H24O3. The summed E-state index contributed by atoms with van der Waals surface area (Å²) in [5.74, 6) is -0.682. The molecule has 2 aliphatic carbocycles. The molecule has 3 nitrogen and oxygen atoms in total. The Morgan fingerprint density at radius 2 is 1.70 bits per heavy atom. The van der Waals surface area contributed by atoms with Gasteiger partial charge in [-0.3, -0.25) is 9.59 Å². The van der Waals surface area contributed by atoms with Gasteiger partial charge in [-0.2, -0.15) is 0 Å². The zero-order valence-electron chi connectivity index (χ0n) is 13.2. The summed E-state index contributed by atoms with van der Waals surface area (Å²) in [4.78, 5) is 25.6. The molecule has 2 bridgehead atoms. The Morgan fingerprint density at radius 1 is 1.15 bits per heavy atom. The first-order valence-corrected chi connectivity index (χ1v) is 7.10. The van der Waals surface area contributed by atoms with E-state index in [0.29, 0.717) is 5.57 Å². The molecule has 2 aliphatic rings. The number of Topliss-reactive ketones (excluding diaryl/α,β-unsaturated/α-hetero) is 1. The first-order valence-electron chi connectivity index (χ1n) is 7.10. The average Bonchev–Trinajstić information content (AvgIpc) is 2.50. The summed E-state index contributed by atoms with van der Waals surface area (Å²) in [6, 6.07) is 0. The van der Waals surface area contributed by atoms with Crippen LogP contribution in [0.25, 0.3) is 0 Å². The van der Waals surface area contributed by atoms with E-state index in [2.05, 4.69) is 0 Å². The van der Waals surface area contributed by atoms with Crippen LogP contribution in [-0.4, -0.2) is 23.3 Å². The maximum absolute atomic E-state index is 13.0. The third kappa shape index (κ3) is 1.76. The van der Waals surface area contributed by atoms with Gasteiger partial charge >= 0.3 is 0 Å². The van der Waals surface area contributed by atoms with Crippen LogP contribution >= 0.6 is 0 Å². The van der Waals surface area contributed by atoms with Crippen LogP contribution in [0.5, 0.6) is 0 Å². The van der Waals surface area contributed by atoms with Gasteiger partial charge in [0.25, 0.3) is 0 Å². The van der Waals surface area contributed by atoms with Crippen molar-refractivity contribution in [1.29, 1.82) is 0 Å². The largest absolute Gasteiger partial charge is 0.392 e. The SMILES string of the molecule is CC(C)(C)C1=CC2(C(C)(C)C)C(=O)C=C(CO)C1C2=O. The lowest BCUT2D eigenvalue weighted by Crippen LogP contribution is -2.49. The van der Waals surface area contributed by atoms with Crippen molar-refractivity contribution in [3.05, 3.63) is 23.3 Å². The Kier molecular flexibility index (Phi) is 3.14. The molecule has 2 unspecified atom stereocenters. The second kappa shape index (κ2) is 4.14. The molecule has 0 aromatic rings. The molecule has 3 heteroatoms. The van der Waals surface area contributed by atoms with E-state index < -0.39 is 16.7 Å². The monoisotopic (exact) mass is 276 g/mol. The third-order valence-corrected chi connectivity index (χ3v) is 4.64. The molecule has 0 heterocycles. The molecule has 2 rings (SSSR count). The number of rotatable bonds is 1. The minimum atomic E-state index is -1.07. The van der Waals surface area contributed by atoms with E-state index in [4.69, 9.17) is 0 Å². The average molecular weight is 276 g/mol. The van der Waals surface area contributed by atoms with Gasteiger partial charge in [-0.15, -0.1) is 0 Å². The van der Waals surface area contributed by atoms with E-state index in [0.717, 1.165) is 5.57 Å². The van der Waals surface area contributed by atoms with Crippen LogP contribution in [0, 0.1) is 22.2 Å². The van der Waals surface area contributed by atoms with Crippen molar-refractivity contribution in [2.24, 2.45) is 22.2 Å². The molecule has 0 saturated heterocycles. The summed E-state index contributed by atoms with van der Waals surface area (Å²) in [5.41, 5.74) is -0.239. The number of aliphatic hydroxyl groups is 1. The Hall–Kier alpha value is -1.22. The summed E-state index contributed by atoms with van der Waals surface area (Å²) < 4.78 is 0. The van der Waals surface area contributed by atoms with Crippen molar-refractivity contribution in [3.63, 3.8) is 0 Å². The van der Waals surface area contributed by atoms with Crippen molar-refractivity contribution in [3.8, 4) is 0 Å². The molecule has 0 spiro atoms. The highest BCUT2D eigenvalue weighted by molar-refractivity contribution is 6.21. The van der Waals surface area contributed by atoms with E-state index in [1.54, 1.807) is 0 Å². The van der Waals surface area contributed by atoms with E-state index in [-0.39, 0.29) is 23.6 Å². The van der Waals surface area contributed by atoms with Crippen LogP contribution in [0.3, 0.4) is 0 Å². The van der Waals surface area contributed by atoms with E-state index >= 15 is 0 Å². The third-order valence-electron chi connectivity index (χ3n) is 4.64. The quantitative estimate of drug-likeness (QED) is 0.592. The summed E-state index contributed by atoms with van der Waals surface area (Å²) in [7, 11) is 0. The Morgan fingerprint density at radius 3 is 2.10 bits per heavy atom. The Labute approximate surface area is 120 Å². The minimum absolute atomic E-state index is 0.0634. The lowest BCUT2D eigenvalue weighted by Gasteiger charge is -2.40. The summed E-state index contributed by atoms with van der Waals surface area (Å²) >= 11 is 0. The fourth-order valence-corrected chi connectivity index (χ4v) is 3.43. The number of fused-ring (bicyclic) bond motifs is 2. The molecule has 2 atom stereocenters. The van der Waals surface area contributed by atoms with Gasteiger partial charge in [0.1, 0.15) is 5.41 Å². The topological polar surface area (TPSA) is 54.4 Å². The molecule has 0 radical (unpaired) electrons.